The Morgan fingerprint density at radius 1 is 0.583 bits per heavy atom. The number of carboxylic acids is 2. The molecule has 36 heavy (non-hydrogen) atoms. The lowest BCUT2D eigenvalue weighted by Crippen LogP contribution is -2.67. The van der Waals surface area contributed by atoms with Crippen LogP contribution in [0, 0.1) is 0 Å². The van der Waals surface area contributed by atoms with Gasteiger partial charge in [0.15, 0.2) is 31.1 Å². The minimum atomic E-state index is -2.19. The number of carboxylic acid groups (broad SMARTS) is 2. The maximum Gasteiger partial charge on any atom is 0.335 e. The van der Waals surface area contributed by atoms with E-state index < -0.39 is 111 Å². The second kappa shape index (κ2) is 11.4. The Hall–Kier alpha value is -1.62. The molecule has 0 radical (unpaired) electrons. The number of aliphatic hydroxyl groups is 9. The van der Waals surface area contributed by atoms with Crippen LogP contribution in [0.2, 0.25) is 0 Å². The van der Waals surface area contributed by atoms with Crippen molar-refractivity contribution in [1.29, 1.82) is 0 Å². The number of hydrogen-bond acceptors (Lipinski definition) is 16. The third kappa shape index (κ3) is 5.47. The molecule has 0 aromatic carbocycles. The van der Waals surface area contributed by atoms with E-state index in [0.717, 1.165) is 0 Å². The molecule has 3 rings (SSSR count). The highest BCUT2D eigenvalue weighted by Gasteiger charge is 2.55. The van der Waals surface area contributed by atoms with Crippen molar-refractivity contribution in [1.82, 2.24) is 0 Å². The van der Waals surface area contributed by atoms with E-state index in [1.807, 2.05) is 0 Å². The molecular weight excluding hydrogens is 504 g/mol. The van der Waals surface area contributed by atoms with Gasteiger partial charge >= 0.3 is 11.9 Å². The van der Waals surface area contributed by atoms with Gasteiger partial charge in [-0.3, -0.25) is 0 Å². The molecule has 0 aromatic heterocycles. The molecule has 15 atom stereocenters. The standard InChI is InChI=1S/C18H28O18/c19-1-2-3(20)4(21)8(25)17(32-2)34-10-7(24)9(26)18(36-13(10)15(29)30)35-12-6(23)5(22)11(14(27)28)33-16(12)31/h2-13,16-26,31H,1H2,(H,27,28)(H,29,30)/t2-,3-,4+,5+,6+,7-,8-,9-,10+,11+,12-,13+,16?,17-,18-/m1/s1. The zero-order valence-electron chi connectivity index (χ0n) is 18.1. The van der Waals surface area contributed by atoms with Gasteiger partial charge in [-0.05, 0) is 0 Å². The molecule has 0 spiro atoms. The maximum absolute atomic E-state index is 11.8. The van der Waals surface area contributed by atoms with Crippen LogP contribution in [0.25, 0.3) is 0 Å². The summed E-state index contributed by atoms with van der Waals surface area (Å²) in [5.41, 5.74) is 0. The molecule has 0 aliphatic carbocycles. The molecule has 18 nitrogen and oxygen atoms in total. The number of rotatable bonds is 7. The Kier molecular flexibility index (Phi) is 9.17. The first-order chi connectivity index (χ1) is 16.8. The van der Waals surface area contributed by atoms with E-state index in [9.17, 15) is 60.7 Å². The Bertz CT molecular complexity index is 779. The fourth-order valence-corrected chi connectivity index (χ4v) is 3.99. The van der Waals surface area contributed by atoms with Crippen LogP contribution in [-0.4, -0.2) is 167 Å². The SMILES string of the molecule is O=C(O)[C@H]1OC(O)[C@H](O[C@@H]2O[C@H](C(=O)O)[C@@H](O[C@H]3O[C@H](CO)[C@@H](O)[C@H](O)[C@H]3O)[C@H](O)[C@H]2O)[C@@H](O)[C@@H]1O. The van der Waals surface area contributed by atoms with Crippen LogP contribution in [0.1, 0.15) is 0 Å². The molecule has 3 fully saturated rings. The second-order valence-electron chi connectivity index (χ2n) is 8.41. The molecule has 1 unspecified atom stereocenters. The summed E-state index contributed by atoms with van der Waals surface area (Å²) >= 11 is 0. The Labute approximate surface area is 201 Å². The average molecular weight is 532 g/mol. The van der Waals surface area contributed by atoms with Crippen molar-refractivity contribution in [2.45, 2.75) is 92.1 Å². The lowest BCUT2D eigenvalue weighted by molar-refractivity contribution is -0.375. The summed E-state index contributed by atoms with van der Waals surface area (Å²) in [6.07, 6.45) is -30.0. The minimum Gasteiger partial charge on any atom is -0.479 e. The van der Waals surface area contributed by atoms with Gasteiger partial charge in [0.2, 0.25) is 0 Å². The minimum absolute atomic E-state index is 0.835. The molecule has 0 saturated carbocycles. The van der Waals surface area contributed by atoms with Crippen LogP contribution in [0.4, 0.5) is 0 Å². The van der Waals surface area contributed by atoms with Crippen LogP contribution in [0.15, 0.2) is 0 Å². The van der Waals surface area contributed by atoms with Gasteiger partial charge in [0.1, 0.15) is 61.0 Å². The summed E-state index contributed by atoms with van der Waals surface area (Å²) in [7, 11) is 0. The Morgan fingerprint density at radius 3 is 1.64 bits per heavy atom. The average Bonchev–Trinajstić information content (AvgIpc) is 2.82. The van der Waals surface area contributed by atoms with Crippen LogP contribution >= 0.6 is 0 Å². The first kappa shape index (κ1) is 28.9. The molecule has 11 N–H and O–H groups in total. The third-order valence-corrected chi connectivity index (χ3v) is 6.03. The summed E-state index contributed by atoms with van der Waals surface area (Å²) in [4.78, 5) is 22.9. The lowest BCUT2D eigenvalue weighted by atomic mass is 9.96. The van der Waals surface area contributed by atoms with Crippen molar-refractivity contribution in [2.75, 3.05) is 6.61 Å². The quantitative estimate of drug-likeness (QED) is 0.145. The molecule has 18 heteroatoms. The molecule has 208 valence electrons. The smallest absolute Gasteiger partial charge is 0.335 e. The first-order valence-corrected chi connectivity index (χ1v) is 10.6. The summed E-state index contributed by atoms with van der Waals surface area (Å²) < 4.78 is 25.2. The van der Waals surface area contributed by atoms with Gasteiger partial charge in [-0.15, -0.1) is 0 Å². The van der Waals surface area contributed by atoms with Crippen molar-refractivity contribution in [3.05, 3.63) is 0 Å². The van der Waals surface area contributed by atoms with E-state index in [1.165, 1.54) is 0 Å². The van der Waals surface area contributed by atoms with Crippen molar-refractivity contribution in [3.8, 4) is 0 Å². The maximum atomic E-state index is 11.8. The number of aliphatic hydroxyl groups excluding tert-OH is 9. The van der Waals surface area contributed by atoms with Crippen LogP contribution < -0.4 is 0 Å². The van der Waals surface area contributed by atoms with Gasteiger partial charge in [0.05, 0.1) is 6.61 Å². The van der Waals surface area contributed by atoms with E-state index in [0.29, 0.717) is 0 Å². The molecule has 0 bridgehead atoms. The highest BCUT2D eigenvalue weighted by Crippen LogP contribution is 2.32. The molecule has 3 heterocycles. The molecule has 0 amide bonds. The van der Waals surface area contributed by atoms with Crippen molar-refractivity contribution < 1.29 is 89.4 Å². The summed E-state index contributed by atoms with van der Waals surface area (Å²) in [5.74, 6) is -3.52. The van der Waals surface area contributed by atoms with E-state index in [4.69, 9.17) is 24.1 Å². The fraction of sp³-hybridized carbons (Fsp3) is 0.889. The summed E-state index contributed by atoms with van der Waals surface area (Å²) in [6, 6.07) is 0. The molecular formula is C18H28O18. The van der Waals surface area contributed by atoms with Crippen LogP contribution in [-0.2, 0) is 33.3 Å². The number of hydrogen-bond donors (Lipinski definition) is 11. The van der Waals surface area contributed by atoms with Crippen molar-refractivity contribution in [2.24, 2.45) is 0 Å². The monoisotopic (exact) mass is 532 g/mol. The fourth-order valence-electron chi connectivity index (χ4n) is 3.99. The number of carbonyl (C=O) groups is 2. The van der Waals surface area contributed by atoms with Crippen molar-refractivity contribution in [3.63, 3.8) is 0 Å². The van der Waals surface area contributed by atoms with Crippen LogP contribution in [0.3, 0.4) is 0 Å². The van der Waals surface area contributed by atoms with Crippen LogP contribution in [0.5, 0.6) is 0 Å². The normalized spacial score (nSPS) is 50.0. The predicted octanol–water partition coefficient (Wildman–Crippen LogP) is -7.39. The summed E-state index contributed by atoms with van der Waals surface area (Å²) in [5, 5.41) is 109. The second-order valence-corrected chi connectivity index (χ2v) is 8.41. The molecule has 3 aliphatic heterocycles. The van der Waals surface area contributed by atoms with E-state index in [1.54, 1.807) is 0 Å². The van der Waals surface area contributed by atoms with Gasteiger partial charge in [-0.2, -0.15) is 0 Å². The van der Waals surface area contributed by atoms with Gasteiger partial charge in [0, 0.05) is 0 Å². The van der Waals surface area contributed by atoms with Gasteiger partial charge in [0.25, 0.3) is 0 Å². The van der Waals surface area contributed by atoms with Gasteiger partial charge in [-0.25, -0.2) is 9.59 Å². The highest BCUT2D eigenvalue weighted by atomic mass is 16.8. The topological polar surface area (TPSA) is 303 Å². The largest absolute Gasteiger partial charge is 0.479 e. The van der Waals surface area contributed by atoms with E-state index >= 15 is 0 Å². The molecule has 0 aromatic rings. The van der Waals surface area contributed by atoms with E-state index in [-0.39, 0.29) is 0 Å². The molecule has 3 aliphatic rings. The van der Waals surface area contributed by atoms with E-state index in [2.05, 4.69) is 4.74 Å². The van der Waals surface area contributed by atoms with Gasteiger partial charge in [-0.1, -0.05) is 0 Å². The Morgan fingerprint density at radius 2 is 1.08 bits per heavy atom. The lowest BCUT2D eigenvalue weighted by Gasteiger charge is -2.46. The molecule has 3 saturated heterocycles. The van der Waals surface area contributed by atoms with Gasteiger partial charge < -0.3 is 79.9 Å². The van der Waals surface area contributed by atoms with Crippen molar-refractivity contribution >= 4 is 11.9 Å². The number of aliphatic carboxylic acids is 2. The third-order valence-electron chi connectivity index (χ3n) is 6.03. The number of ether oxygens (including phenoxy) is 5. The first-order valence-electron chi connectivity index (χ1n) is 10.6. The zero-order valence-corrected chi connectivity index (χ0v) is 18.1. The summed E-state index contributed by atoms with van der Waals surface area (Å²) in [6.45, 7) is -0.835. The zero-order chi connectivity index (χ0) is 27.1. The highest BCUT2D eigenvalue weighted by molar-refractivity contribution is 5.74. The predicted molar refractivity (Wildman–Crippen MR) is 102 cm³/mol. The Balaban J connectivity index is 1.75.